The van der Waals surface area contributed by atoms with Gasteiger partial charge in [0.1, 0.15) is 5.75 Å². The van der Waals surface area contributed by atoms with Crippen LogP contribution in [0.1, 0.15) is 62.9 Å². The summed E-state index contributed by atoms with van der Waals surface area (Å²) in [6.07, 6.45) is 3.66. The van der Waals surface area contributed by atoms with Crippen molar-refractivity contribution in [1.82, 2.24) is 10.3 Å². The normalized spacial score (nSPS) is 15.5. The van der Waals surface area contributed by atoms with Crippen LogP contribution in [0.25, 0.3) is 0 Å². The van der Waals surface area contributed by atoms with Gasteiger partial charge in [0, 0.05) is 18.2 Å². The van der Waals surface area contributed by atoms with Crippen LogP contribution < -0.4 is 38.7 Å². The zero-order valence-corrected chi connectivity index (χ0v) is 33.4. The van der Waals surface area contributed by atoms with Gasteiger partial charge in [0.25, 0.3) is 5.91 Å². The Morgan fingerprint density at radius 2 is 1.55 bits per heavy atom. The number of anilines is 1. The van der Waals surface area contributed by atoms with Crippen molar-refractivity contribution in [3.8, 4) is 46.0 Å². The van der Waals surface area contributed by atoms with Crippen LogP contribution in [0.15, 0.2) is 72.1 Å². The maximum atomic E-state index is 14.6. The zero-order valence-electron chi connectivity index (χ0n) is 32.6. The van der Waals surface area contributed by atoms with Crippen molar-refractivity contribution >= 4 is 22.9 Å². The molecule has 11 heteroatoms. The number of carbonyl (C=O) groups is 1. The molecule has 55 heavy (non-hydrogen) atoms. The van der Waals surface area contributed by atoms with Crippen molar-refractivity contribution in [2.24, 2.45) is 0 Å². The Bertz CT molecular complexity index is 2150. The number of ether oxygens (including phenoxy) is 6. The lowest BCUT2D eigenvalue weighted by Crippen LogP contribution is -2.54. The number of amides is 1. The molecule has 1 amide bonds. The molecule has 1 N–H and O–H groups in total. The maximum Gasteiger partial charge on any atom is 0.282 e. The van der Waals surface area contributed by atoms with E-state index in [4.69, 9.17) is 28.4 Å². The van der Waals surface area contributed by atoms with Crippen molar-refractivity contribution in [2.75, 3.05) is 53.6 Å². The van der Waals surface area contributed by atoms with Gasteiger partial charge >= 0.3 is 0 Å². The van der Waals surface area contributed by atoms with E-state index in [-0.39, 0.29) is 11.9 Å². The van der Waals surface area contributed by atoms with Crippen LogP contribution in [0.3, 0.4) is 0 Å². The first kappa shape index (κ1) is 38.1. The molecule has 4 aliphatic rings. The first-order valence-electron chi connectivity index (χ1n) is 18.9. The molecule has 5 aromatic rings. The van der Waals surface area contributed by atoms with Gasteiger partial charge in [-0.25, -0.2) is 10.0 Å². The predicted octanol–water partition coefficient (Wildman–Crippen LogP) is 8.97. The molecule has 288 valence electrons. The van der Waals surface area contributed by atoms with Gasteiger partial charge in [-0.1, -0.05) is 32.0 Å². The number of fused-ring (bicyclic) bond motifs is 3. The fraction of sp³-hybridized carbons (Fsp3) is 0.341. The second-order valence-electron chi connectivity index (χ2n) is 13.3. The van der Waals surface area contributed by atoms with Crippen molar-refractivity contribution in [3.63, 3.8) is 0 Å². The van der Waals surface area contributed by atoms with E-state index >= 15 is 0 Å². The standard InChI is InChI=1S/C42H43N3O7S.C2H6/c1-43-16-14-27-20-33(47-2)36-21-26(27)11-8-25-9-12-30(13-10-25)51-35-23-29-19-32-39-28(22-37(49-4)40(50-5)41(39)52-36)15-17-44(32)45(31(29)24-34(35)48-3)42(46)38-7-6-18-53-38;1-2/h6-7,9-10,12-13,18,20-24,32,43H,8,11,14-17,19H2,1-5H3;1-2H3/t32-;/m0./s1. The molecule has 0 fully saturated rings. The van der Waals surface area contributed by atoms with E-state index in [0.717, 1.165) is 48.2 Å². The molecular weight excluding hydrogens is 715 g/mol. The minimum absolute atomic E-state index is 0.116. The number of nitrogens with zero attached hydrogens (tertiary/aromatic N) is 2. The lowest BCUT2D eigenvalue weighted by Gasteiger charge is -2.48. The topological polar surface area (TPSA) is 91.0 Å². The first-order chi connectivity index (χ1) is 26.9. The predicted molar refractivity (Wildman–Crippen MR) is 216 cm³/mol. The van der Waals surface area contributed by atoms with Gasteiger partial charge in [0.05, 0.1) is 45.0 Å². The van der Waals surface area contributed by atoms with Crippen LogP contribution in [0.5, 0.6) is 46.0 Å². The van der Waals surface area contributed by atoms with Crippen LogP contribution in [-0.2, 0) is 32.1 Å². The molecule has 0 spiro atoms. The number of likely N-dealkylation sites (N-methyl/N-ethyl adjacent to an activating group) is 1. The number of carbonyl (C=O) groups excluding carboxylic acids is 1. The Morgan fingerprint density at radius 3 is 2.24 bits per heavy atom. The van der Waals surface area contributed by atoms with E-state index < -0.39 is 0 Å². The van der Waals surface area contributed by atoms with E-state index in [2.05, 4.69) is 34.6 Å². The van der Waals surface area contributed by atoms with E-state index in [1.165, 1.54) is 28.0 Å². The quantitative estimate of drug-likeness (QED) is 0.166. The van der Waals surface area contributed by atoms with Crippen LogP contribution in [0, 0.1) is 0 Å². The molecule has 1 atom stereocenters. The highest BCUT2D eigenvalue weighted by Crippen LogP contribution is 2.54. The molecule has 4 aromatic carbocycles. The number of thiophene rings is 1. The summed E-state index contributed by atoms with van der Waals surface area (Å²) >= 11 is 1.42. The smallest absolute Gasteiger partial charge is 0.282 e. The first-order valence-corrected chi connectivity index (χ1v) is 19.7. The molecule has 10 nitrogen and oxygen atoms in total. The highest BCUT2D eigenvalue weighted by Gasteiger charge is 2.44. The summed E-state index contributed by atoms with van der Waals surface area (Å²) in [6.45, 7) is 5.41. The third kappa shape index (κ3) is 7.19. The monoisotopic (exact) mass is 763 g/mol. The molecular formula is C44H49N3O7S. The molecule has 9 rings (SSSR count). The van der Waals surface area contributed by atoms with Crippen LogP contribution in [0.2, 0.25) is 0 Å². The lowest BCUT2D eigenvalue weighted by atomic mass is 9.86. The number of aryl methyl sites for hydroxylation is 2. The highest BCUT2D eigenvalue weighted by atomic mass is 32.1. The van der Waals surface area contributed by atoms with E-state index in [1.807, 2.05) is 73.7 Å². The third-order valence-electron chi connectivity index (χ3n) is 10.4. The van der Waals surface area contributed by atoms with Crippen molar-refractivity contribution in [3.05, 3.63) is 110 Å². The largest absolute Gasteiger partial charge is 0.493 e. The molecule has 4 aliphatic heterocycles. The summed E-state index contributed by atoms with van der Waals surface area (Å²) in [5, 5.41) is 9.18. The lowest BCUT2D eigenvalue weighted by molar-refractivity contribution is 0.0800. The summed E-state index contributed by atoms with van der Waals surface area (Å²) in [6, 6.07) is 21.8. The fourth-order valence-electron chi connectivity index (χ4n) is 7.80. The van der Waals surface area contributed by atoms with Crippen molar-refractivity contribution < 1.29 is 33.2 Å². The molecule has 7 bridgehead atoms. The summed E-state index contributed by atoms with van der Waals surface area (Å²) in [5.41, 5.74) is 7.23. The SMILES string of the molecule is CC.CNCCc1cc(OC)c2cc1CCc1ccc(cc1)Oc1cc3c(cc1OC)N(C(=O)c1cccs1)N1CCc4cc(OC)c(OC)c(c4[C@@H]1C3)O2. The molecule has 0 saturated heterocycles. The molecule has 0 unspecified atom stereocenters. The van der Waals surface area contributed by atoms with E-state index in [0.29, 0.717) is 70.3 Å². The summed E-state index contributed by atoms with van der Waals surface area (Å²) in [7, 11) is 8.53. The van der Waals surface area contributed by atoms with E-state index in [9.17, 15) is 4.79 Å². The fourth-order valence-corrected chi connectivity index (χ4v) is 8.45. The Balaban J connectivity index is 0.00000229. The number of rotatable bonds is 8. The minimum atomic E-state index is -0.301. The van der Waals surface area contributed by atoms with Gasteiger partial charge in [-0.05, 0) is 121 Å². The van der Waals surface area contributed by atoms with Gasteiger partial charge in [-0.2, -0.15) is 0 Å². The Morgan fingerprint density at radius 1 is 0.818 bits per heavy atom. The molecule has 5 heterocycles. The molecule has 0 aliphatic carbocycles. The highest BCUT2D eigenvalue weighted by molar-refractivity contribution is 7.12. The molecule has 0 saturated carbocycles. The van der Waals surface area contributed by atoms with Gasteiger partial charge in [0.15, 0.2) is 34.5 Å². The van der Waals surface area contributed by atoms with Gasteiger partial charge in [0.2, 0.25) is 5.75 Å². The maximum absolute atomic E-state index is 14.6. The number of hydrogen-bond acceptors (Lipinski definition) is 10. The van der Waals surface area contributed by atoms with Crippen LogP contribution in [-0.4, -0.2) is 59.5 Å². The van der Waals surface area contributed by atoms with Crippen LogP contribution in [0.4, 0.5) is 5.69 Å². The summed E-state index contributed by atoms with van der Waals surface area (Å²) in [4.78, 5) is 15.2. The average molecular weight is 764 g/mol. The third-order valence-corrected chi connectivity index (χ3v) is 11.3. The Kier molecular flexibility index (Phi) is 11.5. The Hall–Kier alpha value is -5.23. The van der Waals surface area contributed by atoms with Gasteiger partial charge < -0.3 is 33.7 Å². The number of hydrazine groups is 1. The van der Waals surface area contributed by atoms with E-state index in [1.54, 1.807) is 28.4 Å². The number of nitrogens with one attached hydrogen (secondary N) is 1. The average Bonchev–Trinajstić information content (AvgIpc) is 3.77. The van der Waals surface area contributed by atoms with Crippen molar-refractivity contribution in [1.29, 1.82) is 0 Å². The molecule has 0 radical (unpaired) electrons. The zero-order chi connectivity index (χ0) is 38.6. The number of benzene rings is 4. The second-order valence-corrected chi connectivity index (χ2v) is 14.3. The summed E-state index contributed by atoms with van der Waals surface area (Å²) < 4.78 is 37.5. The Labute approximate surface area is 327 Å². The number of methoxy groups -OCH3 is 4. The van der Waals surface area contributed by atoms with Gasteiger partial charge in [-0.15, -0.1) is 11.3 Å². The van der Waals surface area contributed by atoms with Crippen molar-refractivity contribution in [2.45, 2.75) is 52.0 Å². The number of hydrogen-bond donors (Lipinski definition) is 1. The van der Waals surface area contributed by atoms with Crippen LogP contribution >= 0.6 is 11.3 Å². The van der Waals surface area contributed by atoms with Gasteiger partial charge in [-0.3, -0.25) is 4.79 Å². The summed E-state index contributed by atoms with van der Waals surface area (Å²) in [5.74, 6) is 4.50. The second kappa shape index (κ2) is 16.6. The molecule has 1 aromatic heterocycles. The minimum Gasteiger partial charge on any atom is -0.493 e.